The van der Waals surface area contributed by atoms with E-state index in [1.54, 1.807) is 16.7 Å². The van der Waals surface area contributed by atoms with Crippen LogP contribution in [-0.2, 0) is 18.3 Å². The number of benzene rings is 4. The van der Waals surface area contributed by atoms with Crippen molar-refractivity contribution in [1.29, 1.82) is 0 Å². The normalized spacial score (nSPS) is 21.9. The third-order valence-corrected chi connectivity index (χ3v) is 14.4. The van der Waals surface area contributed by atoms with Crippen LogP contribution in [0, 0.1) is 0 Å². The zero-order chi connectivity index (χ0) is 34.2. The van der Waals surface area contributed by atoms with Crippen molar-refractivity contribution in [1.82, 2.24) is 4.57 Å². The summed E-state index contributed by atoms with van der Waals surface area (Å²) in [6, 6.07) is 35.3. The van der Waals surface area contributed by atoms with Gasteiger partial charge < -0.3 is 4.57 Å². The first kappa shape index (κ1) is 30.9. The second-order valence-electron chi connectivity index (χ2n) is 14.8. The lowest BCUT2D eigenvalue weighted by atomic mass is 9.62. The number of hydrogen-bond donors (Lipinski definition) is 0. The number of rotatable bonds is 3. The van der Waals surface area contributed by atoms with Crippen LogP contribution < -0.4 is 0 Å². The van der Waals surface area contributed by atoms with Crippen LogP contribution in [0.15, 0.2) is 159 Å². The van der Waals surface area contributed by atoms with E-state index in [1.165, 1.54) is 69.9 Å². The van der Waals surface area contributed by atoms with E-state index in [9.17, 15) is 0 Å². The average molecular weight is 706 g/mol. The molecule has 3 heterocycles. The molecule has 2 atom stereocenters. The summed E-state index contributed by atoms with van der Waals surface area (Å²) in [6.07, 6.45) is 29.0. The van der Waals surface area contributed by atoms with Crippen molar-refractivity contribution >= 4 is 41.2 Å². The van der Waals surface area contributed by atoms with E-state index in [0.29, 0.717) is 6.04 Å². The number of nitrogens with zero attached hydrogens (tertiary/aromatic N) is 1. The first-order valence-electron chi connectivity index (χ1n) is 18.9. The smallest absolute Gasteiger partial charge is 0.0708 e. The number of allylic oxidation sites excluding steroid dienone is 9. The Labute approximate surface area is 315 Å². The van der Waals surface area contributed by atoms with Crippen molar-refractivity contribution in [3.05, 3.63) is 189 Å². The fourth-order valence-electron chi connectivity index (χ4n) is 9.87. The van der Waals surface area contributed by atoms with Crippen molar-refractivity contribution in [3.63, 3.8) is 0 Å². The lowest BCUT2D eigenvalue weighted by molar-refractivity contribution is 0.598. The third kappa shape index (κ3) is 4.58. The second kappa shape index (κ2) is 12.2. The number of thioether (sulfide) groups is 1. The second-order valence-corrected chi connectivity index (χ2v) is 17.0. The van der Waals surface area contributed by atoms with Gasteiger partial charge in [-0.25, -0.2) is 0 Å². The summed E-state index contributed by atoms with van der Waals surface area (Å²) in [5.74, 6) is 0. The lowest BCUT2D eigenvalue weighted by Crippen LogP contribution is -2.38. The minimum Gasteiger partial charge on any atom is -0.334 e. The van der Waals surface area contributed by atoms with Crippen molar-refractivity contribution in [2.45, 2.75) is 71.1 Å². The van der Waals surface area contributed by atoms with E-state index in [2.05, 4.69) is 150 Å². The van der Waals surface area contributed by atoms with Crippen LogP contribution in [0.4, 0.5) is 0 Å². The Morgan fingerprint density at radius 2 is 1.33 bits per heavy atom. The zero-order valence-corrected chi connectivity index (χ0v) is 30.8. The van der Waals surface area contributed by atoms with E-state index in [0.717, 1.165) is 44.9 Å². The molecule has 252 valence electrons. The molecule has 0 N–H and O–H groups in total. The molecule has 0 bridgehead atoms. The van der Waals surface area contributed by atoms with Gasteiger partial charge in [0, 0.05) is 31.0 Å². The maximum Gasteiger partial charge on any atom is 0.0708 e. The van der Waals surface area contributed by atoms with Crippen LogP contribution in [0.2, 0.25) is 0 Å². The van der Waals surface area contributed by atoms with Gasteiger partial charge in [-0.3, -0.25) is 0 Å². The first-order valence-corrected chi connectivity index (χ1v) is 20.6. The lowest BCUT2D eigenvalue weighted by Gasteiger charge is -2.47. The molecular formula is C49H39NS2. The molecule has 2 aliphatic heterocycles. The standard InChI is InChI=1S/C49H39NS2/c1-3-13-32(14-4-1)34-24-27-41-47(30-34)52-48-31-35(25-28-42(48)49(41)39-18-8-11-21-45(39)51-46-22-12-9-19-40(46)49)33-23-26-38-37-17-7-10-20-43(37)50(44(38)29-33)36-15-5-2-6-16-36/h1-6,8,10-15,18,20-22,24-25,27-31,36H,7,9,16-17,19,23,26H2. The molecular weight excluding hydrogens is 667 g/mol. The van der Waals surface area contributed by atoms with E-state index in [4.69, 9.17) is 0 Å². The molecule has 1 nitrogen and oxygen atoms in total. The van der Waals surface area contributed by atoms with Gasteiger partial charge in [0.05, 0.1) is 11.5 Å². The van der Waals surface area contributed by atoms with Crippen LogP contribution in [-0.4, -0.2) is 4.57 Å². The molecule has 5 aromatic rings. The molecule has 52 heavy (non-hydrogen) atoms. The van der Waals surface area contributed by atoms with Gasteiger partial charge in [0.25, 0.3) is 0 Å². The van der Waals surface area contributed by atoms with E-state index >= 15 is 0 Å². The highest BCUT2D eigenvalue weighted by atomic mass is 32.2. The summed E-state index contributed by atoms with van der Waals surface area (Å²) >= 11 is 3.94. The fraction of sp³-hybridized carbons (Fsp3) is 0.184. The first-order chi connectivity index (χ1) is 25.8. The summed E-state index contributed by atoms with van der Waals surface area (Å²) in [5, 5.41) is 0. The monoisotopic (exact) mass is 705 g/mol. The van der Waals surface area contributed by atoms with Gasteiger partial charge in [-0.2, -0.15) is 0 Å². The quantitative estimate of drug-likeness (QED) is 0.184. The largest absolute Gasteiger partial charge is 0.334 e. The van der Waals surface area contributed by atoms with Crippen molar-refractivity contribution in [2.24, 2.45) is 0 Å². The van der Waals surface area contributed by atoms with Crippen LogP contribution >= 0.6 is 23.5 Å². The Bertz CT molecular complexity index is 2500. The number of fused-ring (bicyclic) bond motifs is 10. The molecule has 0 saturated carbocycles. The van der Waals surface area contributed by atoms with Crippen LogP contribution in [0.3, 0.4) is 0 Å². The van der Waals surface area contributed by atoms with Gasteiger partial charge in [-0.15, -0.1) is 0 Å². The van der Waals surface area contributed by atoms with Gasteiger partial charge in [0.1, 0.15) is 0 Å². The molecule has 0 fully saturated rings. The van der Waals surface area contributed by atoms with Gasteiger partial charge in [0.2, 0.25) is 0 Å². The minimum absolute atomic E-state index is 0.319. The molecule has 4 aromatic carbocycles. The van der Waals surface area contributed by atoms with Crippen molar-refractivity contribution < 1.29 is 0 Å². The Hall–Kier alpha value is -4.70. The van der Waals surface area contributed by atoms with Crippen LogP contribution in [0.5, 0.6) is 0 Å². The number of aromatic nitrogens is 1. The zero-order valence-electron chi connectivity index (χ0n) is 29.1. The maximum atomic E-state index is 2.66. The molecule has 0 radical (unpaired) electrons. The van der Waals surface area contributed by atoms with Crippen LogP contribution in [0.1, 0.15) is 82.9 Å². The van der Waals surface area contributed by atoms with Gasteiger partial charge >= 0.3 is 0 Å². The fourth-order valence-corrected chi connectivity index (χ4v) is 12.4. The summed E-state index contributed by atoms with van der Waals surface area (Å²) < 4.78 is 2.66. The van der Waals surface area contributed by atoms with E-state index in [1.807, 2.05) is 23.5 Å². The molecule has 0 saturated heterocycles. The minimum atomic E-state index is -0.319. The maximum absolute atomic E-state index is 2.66. The van der Waals surface area contributed by atoms with E-state index in [-0.39, 0.29) is 5.41 Å². The van der Waals surface area contributed by atoms with E-state index < -0.39 is 0 Å². The van der Waals surface area contributed by atoms with Gasteiger partial charge in [-0.05, 0) is 131 Å². The topological polar surface area (TPSA) is 4.93 Å². The summed E-state index contributed by atoms with van der Waals surface area (Å²) in [5.41, 5.74) is 17.0. The summed E-state index contributed by atoms with van der Waals surface area (Å²) in [4.78, 5) is 5.57. The summed E-state index contributed by atoms with van der Waals surface area (Å²) in [6.45, 7) is 0. The van der Waals surface area contributed by atoms with Gasteiger partial charge in [0.15, 0.2) is 0 Å². The van der Waals surface area contributed by atoms with Crippen molar-refractivity contribution in [3.8, 4) is 11.1 Å². The molecule has 2 unspecified atom stereocenters. The molecule has 6 aliphatic rings. The van der Waals surface area contributed by atoms with Gasteiger partial charge in [-0.1, -0.05) is 139 Å². The molecule has 0 amide bonds. The predicted molar refractivity (Wildman–Crippen MR) is 220 cm³/mol. The van der Waals surface area contributed by atoms with Crippen LogP contribution in [0.25, 0.3) is 28.9 Å². The molecule has 4 aliphatic carbocycles. The van der Waals surface area contributed by atoms with Crippen molar-refractivity contribution in [2.75, 3.05) is 0 Å². The summed E-state index contributed by atoms with van der Waals surface area (Å²) in [7, 11) is 0. The Kier molecular flexibility index (Phi) is 7.24. The molecule has 1 aromatic heterocycles. The Morgan fingerprint density at radius 3 is 2.19 bits per heavy atom. The predicted octanol–water partition coefficient (Wildman–Crippen LogP) is 13.2. The third-order valence-electron chi connectivity index (χ3n) is 12.1. The highest BCUT2D eigenvalue weighted by Crippen LogP contribution is 2.63. The highest BCUT2D eigenvalue weighted by molar-refractivity contribution is 8.03. The SMILES string of the molecule is C1=CCC(n2c3c(c4c2C=C(c2ccc5c(c2)Sc2cc(-c6ccccc6)ccc2C52C5=C(C=CCC5)Sc5ccccc52)CC4)CCC=C3)C=C1. The Balaban J connectivity index is 1.11. The molecule has 1 spiro atoms. The number of hydrogen-bond acceptors (Lipinski definition) is 2. The average Bonchev–Trinajstić information content (AvgIpc) is 3.54. The highest BCUT2D eigenvalue weighted by Gasteiger charge is 2.50. The molecule has 3 heteroatoms. The molecule has 11 rings (SSSR count). The Morgan fingerprint density at radius 1 is 0.577 bits per heavy atom.